The molecule has 0 spiro atoms. The van der Waals surface area contributed by atoms with Gasteiger partial charge in [-0.1, -0.05) is 35.0 Å². The number of carbonyl (C=O) groups is 1. The SMILES string of the molecule is [C-]#[N+]CCC#Cc1ccc(-n2c(-c3ccc(Cl)cc3Cl)nc(C(=O)O)c2C)cc1. The summed E-state index contributed by atoms with van der Waals surface area (Å²) in [4.78, 5) is 19.2. The van der Waals surface area contributed by atoms with Crippen molar-refractivity contribution in [2.75, 3.05) is 6.54 Å². The van der Waals surface area contributed by atoms with Gasteiger partial charge in [0.2, 0.25) is 6.54 Å². The second-order valence-electron chi connectivity index (χ2n) is 6.11. The summed E-state index contributed by atoms with van der Waals surface area (Å²) in [6.07, 6.45) is 0.521. The Hall–Kier alpha value is -3.25. The fourth-order valence-corrected chi connectivity index (χ4v) is 3.33. The zero-order valence-corrected chi connectivity index (χ0v) is 16.9. The molecule has 5 nitrogen and oxygen atoms in total. The summed E-state index contributed by atoms with van der Waals surface area (Å²) >= 11 is 12.3. The topological polar surface area (TPSA) is 59.5 Å². The first-order valence-electron chi connectivity index (χ1n) is 8.63. The summed E-state index contributed by atoms with van der Waals surface area (Å²) in [6.45, 7) is 8.84. The minimum atomic E-state index is -1.12. The highest BCUT2D eigenvalue weighted by Crippen LogP contribution is 2.33. The van der Waals surface area contributed by atoms with E-state index in [0.717, 1.165) is 11.3 Å². The van der Waals surface area contributed by atoms with E-state index < -0.39 is 5.97 Å². The van der Waals surface area contributed by atoms with E-state index in [1.165, 1.54) is 0 Å². The molecule has 0 aliphatic rings. The second-order valence-corrected chi connectivity index (χ2v) is 6.96. The van der Waals surface area contributed by atoms with Gasteiger partial charge in [0.15, 0.2) is 5.69 Å². The number of hydrogen-bond donors (Lipinski definition) is 1. The first-order valence-corrected chi connectivity index (χ1v) is 9.38. The molecule has 1 aromatic heterocycles. The molecule has 0 saturated heterocycles. The van der Waals surface area contributed by atoms with Gasteiger partial charge in [0.1, 0.15) is 5.82 Å². The summed E-state index contributed by atoms with van der Waals surface area (Å²) in [5.41, 5.74) is 2.55. The lowest BCUT2D eigenvalue weighted by Gasteiger charge is -2.12. The van der Waals surface area contributed by atoms with Crippen molar-refractivity contribution >= 4 is 29.2 Å². The Kier molecular flexibility index (Phi) is 6.24. The average Bonchev–Trinajstić information content (AvgIpc) is 3.03. The van der Waals surface area contributed by atoms with Crippen LogP contribution in [0.25, 0.3) is 21.9 Å². The van der Waals surface area contributed by atoms with Crippen LogP contribution in [-0.2, 0) is 0 Å². The summed E-state index contributed by atoms with van der Waals surface area (Å²) < 4.78 is 1.74. The molecule has 0 amide bonds. The molecule has 0 bridgehead atoms. The highest BCUT2D eigenvalue weighted by atomic mass is 35.5. The summed E-state index contributed by atoms with van der Waals surface area (Å²) in [6, 6.07) is 12.3. The third kappa shape index (κ3) is 4.43. The summed E-state index contributed by atoms with van der Waals surface area (Å²) in [5, 5.41) is 10.4. The van der Waals surface area contributed by atoms with E-state index in [0.29, 0.717) is 40.1 Å². The highest BCUT2D eigenvalue weighted by Gasteiger charge is 2.22. The van der Waals surface area contributed by atoms with Gasteiger partial charge < -0.3 is 9.95 Å². The predicted molar refractivity (Wildman–Crippen MR) is 114 cm³/mol. The van der Waals surface area contributed by atoms with Crippen LogP contribution in [0, 0.1) is 25.3 Å². The normalized spacial score (nSPS) is 10.1. The number of halogens is 2. The number of benzene rings is 2. The van der Waals surface area contributed by atoms with Gasteiger partial charge in [0, 0.05) is 21.8 Å². The lowest BCUT2D eigenvalue weighted by molar-refractivity contribution is 0.0690. The fourth-order valence-electron chi connectivity index (χ4n) is 2.84. The molecule has 1 heterocycles. The van der Waals surface area contributed by atoms with Gasteiger partial charge in [-0.2, -0.15) is 0 Å². The first kappa shape index (κ1) is 20.5. The molecule has 0 fully saturated rings. The van der Waals surface area contributed by atoms with Gasteiger partial charge in [0.05, 0.1) is 17.1 Å². The van der Waals surface area contributed by atoms with Gasteiger partial charge in [-0.15, -0.1) is 0 Å². The number of aromatic nitrogens is 2. The minimum absolute atomic E-state index is 0.0472. The van der Waals surface area contributed by atoms with Gasteiger partial charge >= 0.3 is 5.97 Å². The van der Waals surface area contributed by atoms with Crippen LogP contribution in [0.2, 0.25) is 10.0 Å². The van der Waals surface area contributed by atoms with E-state index in [9.17, 15) is 9.90 Å². The van der Waals surface area contributed by atoms with Crippen molar-refractivity contribution in [3.63, 3.8) is 0 Å². The predicted octanol–water partition coefficient (Wildman–Crippen LogP) is 5.51. The number of aromatic carboxylic acids is 1. The monoisotopic (exact) mass is 423 g/mol. The molecule has 0 radical (unpaired) electrons. The minimum Gasteiger partial charge on any atom is -0.476 e. The number of imidazole rings is 1. The zero-order valence-electron chi connectivity index (χ0n) is 15.4. The van der Waals surface area contributed by atoms with Crippen LogP contribution in [0.3, 0.4) is 0 Å². The highest BCUT2D eigenvalue weighted by molar-refractivity contribution is 6.36. The van der Waals surface area contributed by atoms with Crippen LogP contribution in [0.4, 0.5) is 0 Å². The molecule has 2 aromatic carbocycles. The van der Waals surface area contributed by atoms with Crippen LogP contribution < -0.4 is 0 Å². The number of carboxylic acid groups (broad SMARTS) is 1. The Morgan fingerprint density at radius 2 is 1.97 bits per heavy atom. The second kappa shape index (κ2) is 8.84. The molecule has 3 rings (SSSR count). The fraction of sp³-hybridized carbons (Fsp3) is 0.136. The maximum Gasteiger partial charge on any atom is 0.356 e. The van der Waals surface area contributed by atoms with E-state index >= 15 is 0 Å². The van der Waals surface area contributed by atoms with Crippen LogP contribution in [-0.4, -0.2) is 27.2 Å². The Labute approximate surface area is 178 Å². The lowest BCUT2D eigenvalue weighted by atomic mass is 10.1. The Balaban J connectivity index is 2.10. The third-order valence-electron chi connectivity index (χ3n) is 4.19. The Bertz CT molecular complexity index is 1180. The standard InChI is InChI=1S/C22H15Cl2N3O2/c1-14-20(22(28)29)26-21(18-11-8-16(23)13-19(18)24)27(14)17-9-6-15(7-10-17)5-3-4-12-25-2/h6-11,13H,4,12H2,1H3,(H,28,29). The van der Waals surface area contributed by atoms with Crippen molar-refractivity contribution in [3.05, 3.63) is 80.9 Å². The quantitative estimate of drug-likeness (QED) is 0.341. The molecular weight excluding hydrogens is 409 g/mol. The number of hydrogen-bond acceptors (Lipinski definition) is 2. The zero-order chi connectivity index (χ0) is 21.0. The van der Waals surface area contributed by atoms with Crippen molar-refractivity contribution < 1.29 is 9.90 Å². The molecule has 0 aliphatic carbocycles. The maximum absolute atomic E-state index is 11.6. The molecule has 0 aliphatic heterocycles. The molecule has 0 saturated carbocycles. The van der Waals surface area contributed by atoms with Crippen molar-refractivity contribution in [2.24, 2.45) is 0 Å². The van der Waals surface area contributed by atoms with Gasteiger partial charge in [0.25, 0.3) is 0 Å². The third-order valence-corrected chi connectivity index (χ3v) is 4.74. The first-order chi connectivity index (χ1) is 13.9. The van der Waals surface area contributed by atoms with Crippen molar-refractivity contribution in [2.45, 2.75) is 13.3 Å². The van der Waals surface area contributed by atoms with Crippen molar-refractivity contribution in [3.8, 4) is 28.9 Å². The van der Waals surface area contributed by atoms with Crippen LogP contribution in [0.1, 0.15) is 28.2 Å². The smallest absolute Gasteiger partial charge is 0.356 e. The molecular formula is C22H15Cl2N3O2. The van der Waals surface area contributed by atoms with Gasteiger partial charge in [-0.25, -0.2) is 16.4 Å². The average molecular weight is 424 g/mol. The lowest BCUT2D eigenvalue weighted by Crippen LogP contribution is -2.02. The molecule has 1 N–H and O–H groups in total. The number of rotatable bonds is 4. The van der Waals surface area contributed by atoms with Crippen LogP contribution >= 0.6 is 23.2 Å². The van der Waals surface area contributed by atoms with Crippen LogP contribution in [0.15, 0.2) is 42.5 Å². The maximum atomic E-state index is 11.6. The molecule has 144 valence electrons. The summed E-state index contributed by atoms with van der Waals surface area (Å²) in [5.74, 6) is 5.26. The number of nitrogens with zero attached hydrogens (tertiary/aromatic N) is 3. The van der Waals surface area contributed by atoms with E-state index in [-0.39, 0.29) is 5.69 Å². The molecule has 29 heavy (non-hydrogen) atoms. The Morgan fingerprint density at radius 1 is 1.24 bits per heavy atom. The van der Waals surface area contributed by atoms with Crippen molar-refractivity contribution in [1.82, 2.24) is 9.55 Å². The van der Waals surface area contributed by atoms with Crippen LogP contribution in [0.5, 0.6) is 0 Å². The summed E-state index contributed by atoms with van der Waals surface area (Å²) in [7, 11) is 0. The molecule has 3 aromatic rings. The van der Waals surface area contributed by atoms with E-state index in [1.54, 1.807) is 29.7 Å². The van der Waals surface area contributed by atoms with Gasteiger partial charge in [-0.05, 0) is 49.4 Å². The van der Waals surface area contributed by atoms with Gasteiger partial charge in [-0.3, -0.25) is 4.57 Å². The molecule has 0 atom stereocenters. The Morgan fingerprint density at radius 3 is 2.59 bits per heavy atom. The molecule has 0 unspecified atom stereocenters. The van der Waals surface area contributed by atoms with E-state index in [4.69, 9.17) is 29.8 Å². The van der Waals surface area contributed by atoms with E-state index in [2.05, 4.69) is 21.7 Å². The van der Waals surface area contributed by atoms with E-state index in [1.807, 2.05) is 24.3 Å². The largest absolute Gasteiger partial charge is 0.476 e. The van der Waals surface area contributed by atoms with Crippen molar-refractivity contribution in [1.29, 1.82) is 0 Å². The molecule has 7 heteroatoms. The number of carboxylic acids is 1.